The van der Waals surface area contributed by atoms with Gasteiger partial charge in [0.15, 0.2) is 0 Å². The van der Waals surface area contributed by atoms with Crippen LogP contribution in [0.5, 0.6) is 0 Å². The molecule has 0 aromatic carbocycles. The van der Waals surface area contributed by atoms with Crippen molar-refractivity contribution in [2.45, 2.75) is 76.4 Å². The highest BCUT2D eigenvalue weighted by Gasteiger charge is 2.21. The lowest BCUT2D eigenvalue weighted by Crippen LogP contribution is -2.20. The first-order valence-electron chi connectivity index (χ1n) is 8.52. The van der Waals surface area contributed by atoms with E-state index >= 15 is 0 Å². The quantitative estimate of drug-likeness (QED) is 0.269. The topological polar surface area (TPSA) is 83.0 Å². The van der Waals surface area contributed by atoms with Crippen LogP contribution in [-0.2, 0) is 10.1 Å². The first kappa shape index (κ1) is 25.6. The maximum atomic E-state index is 11.2. The second-order valence-electron chi connectivity index (χ2n) is 5.67. The third-order valence-electron chi connectivity index (χ3n) is 3.65. The van der Waals surface area contributed by atoms with Crippen molar-refractivity contribution in [1.29, 1.82) is 0 Å². The van der Waals surface area contributed by atoms with Crippen LogP contribution in [-0.4, -0.2) is 28.2 Å². The molecule has 24 heavy (non-hydrogen) atoms. The van der Waals surface area contributed by atoms with E-state index in [9.17, 15) is 8.42 Å². The van der Waals surface area contributed by atoms with Gasteiger partial charge in [-0.1, -0.05) is 57.9 Å². The molecule has 0 radical (unpaired) electrons. The third-order valence-corrected chi connectivity index (χ3v) is 4.96. The van der Waals surface area contributed by atoms with Crippen molar-refractivity contribution in [3.05, 3.63) is 31.4 Å². The number of hydrogen-bond acceptors (Lipinski definition) is 3. The zero-order valence-electron chi connectivity index (χ0n) is 14.7. The minimum absolute atomic E-state index is 0. The van der Waals surface area contributed by atoms with Gasteiger partial charge >= 0.3 is 0 Å². The van der Waals surface area contributed by atoms with Crippen LogP contribution in [0, 0.1) is 0 Å². The van der Waals surface area contributed by atoms with Gasteiger partial charge in [-0.15, -0.1) is 23.6 Å². The number of unbranched alkanes of at least 4 members (excludes halogenated alkanes) is 6. The number of allylic oxidation sites excluding steroid dienone is 1. The highest BCUT2D eigenvalue weighted by molar-refractivity contribution is 8.93. The number of aromatic amines is 1. The molecule has 7 heteroatoms. The molecule has 0 aliphatic rings. The number of rotatable bonds is 12. The molecule has 0 bridgehead atoms. The highest BCUT2D eigenvalue weighted by Crippen LogP contribution is 2.17. The van der Waals surface area contributed by atoms with Gasteiger partial charge in [0.1, 0.15) is 0 Å². The predicted octanol–water partition coefficient (Wildman–Crippen LogP) is 5.34. The summed E-state index contributed by atoms with van der Waals surface area (Å²) in [5.74, 6) is 0. The Bertz CT molecular complexity index is 447. The van der Waals surface area contributed by atoms with Crippen LogP contribution in [0.1, 0.15) is 71.1 Å². The van der Waals surface area contributed by atoms with Gasteiger partial charge in [0.25, 0.3) is 10.1 Å². The second kappa shape index (κ2) is 17.2. The Labute approximate surface area is 157 Å². The molecule has 0 saturated carbocycles. The van der Waals surface area contributed by atoms with Crippen LogP contribution in [0.2, 0.25) is 0 Å². The van der Waals surface area contributed by atoms with Crippen molar-refractivity contribution in [2.75, 3.05) is 0 Å². The summed E-state index contributed by atoms with van der Waals surface area (Å²) >= 11 is 0. The smallest absolute Gasteiger partial charge is 0.267 e. The Balaban J connectivity index is 0. The largest absolute Gasteiger partial charge is 0.351 e. The van der Waals surface area contributed by atoms with Crippen LogP contribution in [0.15, 0.2) is 31.4 Å². The normalized spacial score (nSPS) is 11.8. The van der Waals surface area contributed by atoms with Crippen molar-refractivity contribution in [3.63, 3.8) is 0 Å². The van der Waals surface area contributed by atoms with E-state index < -0.39 is 15.4 Å². The molecule has 1 atom stereocenters. The molecular weight excluding hydrogens is 392 g/mol. The molecule has 0 fully saturated rings. The van der Waals surface area contributed by atoms with Crippen molar-refractivity contribution in [1.82, 2.24) is 9.97 Å². The first-order valence-corrected chi connectivity index (χ1v) is 10.0. The van der Waals surface area contributed by atoms with Gasteiger partial charge in [0.2, 0.25) is 0 Å². The molecule has 0 aliphatic carbocycles. The minimum atomic E-state index is -3.89. The van der Waals surface area contributed by atoms with E-state index in [1.807, 2.05) is 0 Å². The molecule has 5 nitrogen and oxygen atoms in total. The van der Waals surface area contributed by atoms with Crippen LogP contribution in [0.25, 0.3) is 0 Å². The van der Waals surface area contributed by atoms with Gasteiger partial charge in [0, 0.05) is 12.4 Å². The standard InChI is InChI=1S/C14H28O3S.C3H4N2.BrH/c1-3-5-7-8-9-10-11-13-14(12-6-4-2)18(15,16)17;1-2-5-3-4-1;/h4,14H,2-3,5-13H2,1H3,(H,15,16,17);1-3H,(H,4,5);1H. The summed E-state index contributed by atoms with van der Waals surface area (Å²) in [4.78, 5) is 6.42. The van der Waals surface area contributed by atoms with Crippen LogP contribution in [0.3, 0.4) is 0 Å². The number of nitrogens with zero attached hydrogens (tertiary/aromatic N) is 1. The molecule has 1 aromatic heterocycles. The van der Waals surface area contributed by atoms with Gasteiger partial charge in [-0.25, -0.2) is 4.98 Å². The molecule has 142 valence electrons. The molecule has 0 aliphatic heterocycles. The van der Waals surface area contributed by atoms with E-state index in [1.54, 1.807) is 24.8 Å². The molecule has 1 unspecified atom stereocenters. The van der Waals surface area contributed by atoms with Crippen LogP contribution >= 0.6 is 17.0 Å². The lowest BCUT2D eigenvalue weighted by Gasteiger charge is -2.12. The van der Waals surface area contributed by atoms with E-state index in [1.165, 1.54) is 32.1 Å². The second-order valence-corrected chi connectivity index (χ2v) is 7.37. The average molecular weight is 425 g/mol. The van der Waals surface area contributed by atoms with Crippen LogP contribution < -0.4 is 0 Å². The summed E-state index contributed by atoms with van der Waals surface area (Å²) in [5, 5.41) is -0.605. The summed E-state index contributed by atoms with van der Waals surface area (Å²) in [5.41, 5.74) is 0. The number of imidazole rings is 1. The third kappa shape index (κ3) is 16.2. The number of halogens is 1. The molecule has 0 amide bonds. The van der Waals surface area contributed by atoms with Crippen molar-refractivity contribution in [2.24, 2.45) is 0 Å². The number of aromatic nitrogens is 2. The summed E-state index contributed by atoms with van der Waals surface area (Å²) < 4.78 is 31.4. The monoisotopic (exact) mass is 424 g/mol. The molecule has 1 aromatic rings. The van der Waals surface area contributed by atoms with Gasteiger partial charge in [-0.3, -0.25) is 4.55 Å². The lowest BCUT2D eigenvalue weighted by atomic mass is 10.1. The van der Waals surface area contributed by atoms with E-state index in [0.717, 1.165) is 12.8 Å². The molecule has 0 spiro atoms. The van der Waals surface area contributed by atoms with Crippen molar-refractivity contribution >= 4 is 27.1 Å². The minimum Gasteiger partial charge on any atom is -0.351 e. The van der Waals surface area contributed by atoms with Gasteiger partial charge in [-0.05, 0) is 19.3 Å². The van der Waals surface area contributed by atoms with Gasteiger partial charge < -0.3 is 4.98 Å². The predicted molar refractivity (Wildman–Crippen MR) is 106 cm³/mol. The summed E-state index contributed by atoms with van der Waals surface area (Å²) in [6, 6.07) is 0. The van der Waals surface area contributed by atoms with E-state index in [2.05, 4.69) is 23.5 Å². The maximum Gasteiger partial charge on any atom is 0.267 e. The molecule has 0 saturated heterocycles. The fourth-order valence-corrected chi connectivity index (χ4v) is 3.19. The van der Waals surface area contributed by atoms with Gasteiger partial charge in [-0.2, -0.15) is 8.42 Å². The molecule has 1 heterocycles. The van der Waals surface area contributed by atoms with Crippen molar-refractivity contribution < 1.29 is 13.0 Å². The number of hydrogen-bond donors (Lipinski definition) is 2. The Morgan fingerprint density at radius 3 is 2.21 bits per heavy atom. The Morgan fingerprint density at radius 2 is 1.79 bits per heavy atom. The summed E-state index contributed by atoms with van der Waals surface area (Å²) in [6.45, 7) is 5.77. The first-order chi connectivity index (χ1) is 11.0. The zero-order chi connectivity index (χ0) is 17.4. The fourth-order valence-electron chi connectivity index (χ4n) is 2.29. The van der Waals surface area contributed by atoms with Crippen molar-refractivity contribution in [3.8, 4) is 0 Å². The fraction of sp³-hybridized carbons (Fsp3) is 0.706. The maximum absolute atomic E-state index is 11.2. The zero-order valence-corrected chi connectivity index (χ0v) is 17.2. The van der Waals surface area contributed by atoms with Crippen LogP contribution in [0.4, 0.5) is 0 Å². The molecular formula is C17H33BrN2O3S. The Morgan fingerprint density at radius 1 is 1.17 bits per heavy atom. The highest BCUT2D eigenvalue weighted by atomic mass is 79.9. The number of nitrogens with one attached hydrogen (secondary N) is 1. The van der Waals surface area contributed by atoms with E-state index in [-0.39, 0.29) is 17.0 Å². The van der Waals surface area contributed by atoms with E-state index in [4.69, 9.17) is 4.55 Å². The SMILES string of the molecule is Br.C=CCCC(CCCCCCCCC)S(=O)(=O)O.c1c[nH]cn1. The lowest BCUT2D eigenvalue weighted by molar-refractivity contribution is 0.450. The summed E-state index contributed by atoms with van der Waals surface area (Å²) in [6.07, 6.45) is 16.6. The Kier molecular flexibility index (Phi) is 18.3. The average Bonchev–Trinajstić information content (AvgIpc) is 3.07. The summed E-state index contributed by atoms with van der Waals surface area (Å²) in [7, 11) is -3.89. The number of H-pyrrole nitrogens is 1. The Hall–Kier alpha value is -0.660. The molecule has 2 N–H and O–H groups in total. The van der Waals surface area contributed by atoms with E-state index in [0.29, 0.717) is 19.3 Å². The molecule has 1 rings (SSSR count). The van der Waals surface area contributed by atoms with Gasteiger partial charge in [0.05, 0.1) is 11.6 Å².